The van der Waals surface area contributed by atoms with Crippen molar-refractivity contribution in [3.63, 3.8) is 0 Å². The second kappa shape index (κ2) is 8.56. The molecule has 9 heteroatoms. The highest BCUT2D eigenvalue weighted by Gasteiger charge is 2.27. The molecule has 1 N–H and O–H groups in total. The van der Waals surface area contributed by atoms with Crippen LogP contribution in [-0.2, 0) is 9.59 Å². The number of hydrogen-bond acceptors (Lipinski definition) is 6. The summed E-state index contributed by atoms with van der Waals surface area (Å²) in [4.78, 5) is 26.2. The van der Waals surface area contributed by atoms with Gasteiger partial charge < -0.3 is 15.0 Å². The van der Waals surface area contributed by atoms with Gasteiger partial charge in [0.15, 0.2) is 6.61 Å². The number of hydrogen-bond donors (Lipinski definition) is 1. The smallest absolute Gasteiger partial charge is 0.260 e. The van der Waals surface area contributed by atoms with Crippen molar-refractivity contribution in [3.05, 3.63) is 33.3 Å². The molecule has 3 rings (SSSR count). The molecule has 1 fully saturated rings. The minimum Gasteiger partial charge on any atom is -0.484 e. The van der Waals surface area contributed by atoms with Gasteiger partial charge in [-0.25, -0.2) is 0 Å². The van der Waals surface area contributed by atoms with E-state index < -0.39 is 0 Å². The molecule has 2 aromatic rings. The Bertz CT molecular complexity index is 715. The number of benzene rings is 1. The molecule has 0 spiro atoms. The Kier molecular flexibility index (Phi) is 6.19. The molecular weight excluding hydrogens is 455 g/mol. The van der Waals surface area contributed by atoms with Crippen molar-refractivity contribution in [3.8, 4) is 5.75 Å². The summed E-state index contributed by atoms with van der Waals surface area (Å²) in [5.41, 5.74) is 1.57. The minimum atomic E-state index is -0.106. The van der Waals surface area contributed by atoms with Gasteiger partial charge in [-0.05, 0) is 59.7 Å². The normalized spacial score (nSPS) is 15.0. The van der Waals surface area contributed by atoms with E-state index in [4.69, 9.17) is 4.74 Å². The van der Waals surface area contributed by atoms with Crippen molar-refractivity contribution in [1.82, 2.24) is 15.1 Å². The van der Waals surface area contributed by atoms with E-state index in [9.17, 15) is 9.59 Å². The zero-order valence-corrected chi connectivity index (χ0v) is 16.3. The Balaban J connectivity index is 1.42. The first-order chi connectivity index (χ1) is 12.1. The fourth-order valence-electron chi connectivity index (χ4n) is 2.59. The van der Waals surface area contributed by atoms with Crippen LogP contribution in [0.25, 0.3) is 0 Å². The summed E-state index contributed by atoms with van der Waals surface area (Å²) >= 11 is 3.51. The number of amides is 2. The molecule has 0 bridgehead atoms. The molecule has 2 heterocycles. The van der Waals surface area contributed by atoms with E-state index in [1.807, 2.05) is 24.3 Å². The number of carbonyl (C=O) groups excluding carboxylic acids is 2. The molecule has 2 amide bonds. The molecule has 0 saturated carbocycles. The highest BCUT2D eigenvalue weighted by Crippen LogP contribution is 2.20. The maximum Gasteiger partial charge on any atom is 0.260 e. The number of likely N-dealkylation sites (tertiary alicyclic amines) is 1. The van der Waals surface area contributed by atoms with Crippen LogP contribution < -0.4 is 10.1 Å². The van der Waals surface area contributed by atoms with Crippen molar-refractivity contribution >= 4 is 50.9 Å². The Morgan fingerprint density at radius 2 is 2.00 bits per heavy atom. The van der Waals surface area contributed by atoms with Gasteiger partial charge in [0.05, 0.1) is 0 Å². The third-order valence-corrected chi connectivity index (χ3v) is 5.31. The summed E-state index contributed by atoms with van der Waals surface area (Å²) in [5, 5.41) is 10.8. The standard InChI is InChI=1S/C16H17IN4O3S/c17-12-1-3-13(4-2-12)24-9-14(22)21-7-5-11(6-8-21)15(23)19-16-20-18-10-25-16/h1-4,10-11H,5-9H2,(H,19,20,23). The Morgan fingerprint density at radius 1 is 1.28 bits per heavy atom. The highest BCUT2D eigenvalue weighted by atomic mass is 127. The molecule has 0 radical (unpaired) electrons. The molecule has 1 aliphatic rings. The van der Waals surface area contributed by atoms with Crippen LogP contribution in [-0.4, -0.2) is 46.6 Å². The molecule has 0 unspecified atom stereocenters. The summed E-state index contributed by atoms with van der Waals surface area (Å²) in [5.74, 6) is 0.464. The highest BCUT2D eigenvalue weighted by molar-refractivity contribution is 14.1. The van der Waals surface area contributed by atoms with Crippen LogP contribution in [0, 0.1) is 9.49 Å². The van der Waals surface area contributed by atoms with Crippen LogP contribution in [0.3, 0.4) is 0 Å². The quantitative estimate of drug-likeness (QED) is 0.676. The molecule has 1 aromatic heterocycles. The number of nitrogens with one attached hydrogen (secondary N) is 1. The SMILES string of the molecule is O=C(Nc1nncs1)C1CCN(C(=O)COc2ccc(I)cc2)CC1. The van der Waals surface area contributed by atoms with E-state index in [1.54, 1.807) is 10.4 Å². The topological polar surface area (TPSA) is 84.4 Å². The maximum absolute atomic E-state index is 12.3. The van der Waals surface area contributed by atoms with Crippen LogP contribution in [0.5, 0.6) is 5.75 Å². The molecule has 1 saturated heterocycles. The van der Waals surface area contributed by atoms with Gasteiger partial charge in [-0.15, -0.1) is 10.2 Å². The lowest BCUT2D eigenvalue weighted by Crippen LogP contribution is -2.43. The van der Waals surface area contributed by atoms with Gasteiger partial charge in [0, 0.05) is 22.6 Å². The lowest BCUT2D eigenvalue weighted by atomic mass is 9.96. The van der Waals surface area contributed by atoms with Crippen molar-refractivity contribution in [2.75, 3.05) is 25.0 Å². The van der Waals surface area contributed by atoms with E-state index in [2.05, 4.69) is 38.1 Å². The molecule has 7 nitrogen and oxygen atoms in total. The van der Waals surface area contributed by atoms with Crippen molar-refractivity contribution in [1.29, 1.82) is 0 Å². The maximum atomic E-state index is 12.3. The summed E-state index contributed by atoms with van der Waals surface area (Å²) in [7, 11) is 0. The van der Waals surface area contributed by atoms with Crippen LogP contribution in [0.2, 0.25) is 0 Å². The Labute approximate surface area is 162 Å². The molecule has 1 aliphatic heterocycles. The van der Waals surface area contributed by atoms with E-state index in [1.165, 1.54) is 11.3 Å². The average Bonchev–Trinajstić information content (AvgIpc) is 3.14. The first-order valence-corrected chi connectivity index (χ1v) is 9.81. The van der Waals surface area contributed by atoms with Crippen LogP contribution in [0.1, 0.15) is 12.8 Å². The minimum absolute atomic E-state index is 0.0161. The van der Waals surface area contributed by atoms with Gasteiger partial charge in [0.25, 0.3) is 5.91 Å². The number of anilines is 1. The predicted molar refractivity (Wildman–Crippen MR) is 102 cm³/mol. The van der Waals surface area contributed by atoms with Crippen LogP contribution in [0.4, 0.5) is 5.13 Å². The molecule has 132 valence electrons. The number of nitrogens with zero attached hydrogens (tertiary/aromatic N) is 3. The number of aromatic nitrogens is 2. The molecule has 25 heavy (non-hydrogen) atoms. The van der Waals surface area contributed by atoms with Gasteiger partial charge in [-0.1, -0.05) is 11.3 Å². The Hall–Kier alpha value is -1.75. The van der Waals surface area contributed by atoms with Crippen LogP contribution in [0.15, 0.2) is 29.8 Å². The van der Waals surface area contributed by atoms with Crippen molar-refractivity contribution < 1.29 is 14.3 Å². The molecule has 1 aromatic carbocycles. The lowest BCUT2D eigenvalue weighted by molar-refractivity contribution is -0.136. The van der Waals surface area contributed by atoms with Gasteiger partial charge >= 0.3 is 0 Å². The van der Waals surface area contributed by atoms with Crippen molar-refractivity contribution in [2.24, 2.45) is 5.92 Å². The fourth-order valence-corrected chi connectivity index (χ4v) is 3.40. The van der Waals surface area contributed by atoms with Crippen LogP contribution >= 0.6 is 33.9 Å². The van der Waals surface area contributed by atoms with E-state index in [0.29, 0.717) is 36.8 Å². The monoisotopic (exact) mass is 472 g/mol. The lowest BCUT2D eigenvalue weighted by Gasteiger charge is -2.31. The summed E-state index contributed by atoms with van der Waals surface area (Å²) in [6, 6.07) is 7.56. The summed E-state index contributed by atoms with van der Waals surface area (Å²) in [6.45, 7) is 1.13. The van der Waals surface area contributed by atoms with E-state index >= 15 is 0 Å². The second-order valence-corrected chi connectivity index (χ2v) is 7.71. The molecule has 0 atom stereocenters. The summed E-state index contributed by atoms with van der Waals surface area (Å²) < 4.78 is 6.65. The molecule has 0 aliphatic carbocycles. The van der Waals surface area contributed by atoms with Gasteiger partial charge in [0.2, 0.25) is 11.0 Å². The zero-order valence-electron chi connectivity index (χ0n) is 13.4. The number of ether oxygens (including phenoxy) is 1. The van der Waals surface area contributed by atoms with E-state index in [-0.39, 0.29) is 24.3 Å². The van der Waals surface area contributed by atoms with Gasteiger partial charge in [-0.2, -0.15) is 0 Å². The first kappa shape index (κ1) is 18.1. The number of halogens is 1. The number of rotatable bonds is 5. The molecular formula is C16H17IN4O3S. The fraction of sp³-hybridized carbons (Fsp3) is 0.375. The van der Waals surface area contributed by atoms with E-state index in [0.717, 1.165) is 3.57 Å². The first-order valence-electron chi connectivity index (χ1n) is 7.85. The van der Waals surface area contributed by atoms with Gasteiger partial charge in [-0.3, -0.25) is 9.59 Å². The van der Waals surface area contributed by atoms with Crippen molar-refractivity contribution in [2.45, 2.75) is 12.8 Å². The number of carbonyl (C=O) groups is 2. The largest absolute Gasteiger partial charge is 0.484 e. The van der Waals surface area contributed by atoms with Gasteiger partial charge in [0.1, 0.15) is 11.3 Å². The average molecular weight is 472 g/mol. The third-order valence-electron chi connectivity index (χ3n) is 3.98. The summed E-state index contributed by atoms with van der Waals surface area (Å²) in [6.07, 6.45) is 1.28. The second-order valence-electron chi connectivity index (χ2n) is 5.63. The zero-order chi connectivity index (χ0) is 17.6. The predicted octanol–water partition coefficient (Wildman–Crippen LogP) is 2.40. The number of piperidine rings is 1. The third kappa shape index (κ3) is 5.11. The Morgan fingerprint density at radius 3 is 2.64 bits per heavy atom.